The average molecular weight is 304 g/mol. The molecule has 1 heterocycles. The summed E-state index contributed by atoms with van der Waals surface area (Å²) in [6, 6.07) is 9.12. The molecule has 2 N–H and O–H groups in total. The summed E-state index contributed by atoms with van der Waals surface area (Å²) in [5, 5.41) is 12.1. The van der Waals surface area contributed by atoms with Gasteiger partial charge in [0.25, 0.3) is 0 Å². The van der Waals surface area contributed by atoms with Crippen LogP contribution in [0.3, 0.4) is 0 Å². The normalized spacial score (nSPS) is 19.0. The fourth-order valence-corrected chi connectivity index (χ4v) is 3.24. The molecule has 1 aliphatic heterocycles. The standard InChI is InChI=1S/C17H24N2O3/c1-3-17(4-2,13-8-6-5-7-9-13)16(22)19-11-10-18-14(12-19)15(20)21/h5-9,14,18H,3-4,10-12H2,1-2H3,(H,20,21). The number of carbonyl (C=O) groups is 2. The number of rotatable bonds is 5. The highest BCUT2D eigenvalue weighted by Crippen LogP contribution is 2.34. The van der Waals surface area contributed by atoms with Crippen molar-refractivity contribution in [1.82, 2.24) is 10.2 Å². The van der Waals surface area contributed by atoms with Crippen molar-refractivity contribution in [3.63, 3.8) is 0 Å². The van der Waals surface area contributed by atoms with Gasteiger partial charge in [-0.25, -0.2) is 0 Å². The van der Waals surface area contributed by atoms with Crippen molar-refractivity contribution >= 4 is 11.9 Å². The molecule has 0 saturated carbocycles. The van der Waals surface area contributed by atoms with E-state index < -0.39 is 17.4 Å². The molecule has 0 spiro atoms. The molecule has 0 aromatic heterocycles. The van der Waals surface area contributed by atoms with Gasteiger partial charge in [-0.15, -0.1) is 0 Å². The second-order valence-corrected chi connectivity index (χ2v) is 5.75. The van der Waals surface area contributed by atoms with Gasteiger partial charge in [-0.05, 0) is 18.4 Å². The first kappa shape index (κ1) is 16.5. The Morgan fingerprint density at radius 2 is 1.91 bits per heavy atom. The van der Waals surface area contributed by atoms with Gasteiger partial charge in [-0.2, -0.15) is 0 Å². The summed E-state index contributed by atoms with van der Waals surface area (Å²) >= 11 is 0. The van der Waals surface area contributed by atoms with Crippen LogP contribution in [0.25, 0.3) is 0 Å². The van der Waals surface area contributed by atoms with Crippen LogP contribution in [-0.4, -0.2) is 47.6 Å². The van der Waals surface area contributed by atoms with Crippen molar-refractivity contribution < 1.29 is 14.7 Å². The van der Waals surface area contributed by atoms with Crippen LogP contribution in [-0.2, 0) is 15.0 Å². The molecule has 0 bridgehead atoms. The van der Waals surface area contributed by atoms with Crippen LogP contribution >= 0.6 is 0 Å². The van der Waals surface area contributed by atoms with E-state index in [1.165, 1.54) is 0 Å². The molecular formula is C17H24N2O3. The molecule has 22 heavy (non-hydrogen) atoms. The van der Waals surface area contributed by atoms with Gasteiger partial charge in [0.15, 0.2) is 0 Å². The molecule has 1 fully saturated rings. The molecule has 1 aromatic rings. The lowest BCUT2D eigenvalue weighted by Crippen LogP contribution is -2.59. The van der Waals surface area contributed by atoms with Crippen LogP contribution in [0.4, 0.5) is 0 Å². The van der Waals surface area contributed by atoms with E-state index in [4.69, 9.17) is 0 Å². The van der Waals surface area contributed by atoms with Crippen molar-refractivity contribution in [2.75, 3.05) is 19.6 Å². The highest BCUT2D eigenvalue weighted by molar-refractivity contribution is 5.89. The number of carboxylic acids is 1. The third kappa shape index (κ3) is 2.99. The zero-order chi connectivity index (χ0) is 16.2. The number of hydrogen-bond acceptors (Lipinski definition) is 3. The Bertz CT molecular complexity index is 526. The molecule has 5 heteroatoms. The van der Waals surface area contributed by atoms with Crippen molar-refractivity contribution in [2.45, 2.75) is 38.1 Å². The first-order chi connectivity index (χ1) is 10.5. The fraction of sp³-hybridized carbons (Fsp3) is 0.529. The van der Waals surface area contributed by atoms with E-state index >= 15 is 0 Å². The minimum Gasteiger partial charge on any atom is -0.480 e. The molecule has 1 saturated heterocycles. The van der Waals surface area contributed by atoms with Crippen LogP contribution in [0.1, 0.15) is 32.3 Å². The average Bonchev–Trinajstić information content (AvgIpc) is 2.57. The summed E-state index contributed by atoms with van der Waals surface area (Å²) < 4.78 is 0. The molecular weight excluding hydrogens is 280 g/mol. The van der Waals surface area contributed by atoms with Gasteiger partial charge in [0, 0.05) is 19.6 Å². The molecule has 1 aromatic carbocycles. The monoisotopic (exact) mass is 304 g/mol. The molecule has 1 atom stereocenters. The first-order valence-electron chi connectivity index (χ1n) is 7.86. The van der Waals surface area contributed by atoms with Crippen LogP contribution in [0.15, 0.2) is 30.3 Å². The van der Waals surface area contributed by atoms with Crippen molar-refractivity contribution in [2.24, 2.45) is 0 Å². The summed E-state index contributed by atoms with van der Waals surface area (Å²) in [5.41, 5.74) is 0.442. The van der Waals surface area contributed by atoms with Gasteiger partial charge >= 0.3 is 5.97 Å². The molecule has 2 rings (SSSR count). The number of hydrogen-bond donors (Lipinski definition) is 2. The van der Waals surface area contributed by atoms with Gasteiger partial charge in [0.1, 0.15) is 6.04 Å². The SMILES string of the molecule is CCC(CC)(C(=O)N1CCNC(C(=O)O)C1)c1ccccc1. The van der Waals surface area contributed by atoms with E-state index in [9.17, 15) is 14.7 Å². The van der Waals surface area contributed by atoms with Gasteiger partial charge in [-0.1, -0.05) is 44.2 Å². The number of benzene rings is 1. The van der Waals surface area contributed by atoms with Crippen LogP contribution in [0.2, 0.25) is 0 Å². The highest BCUT2D eigenvalue weighted by Gasteiger charge is 2.41. The second kappa shape index (κ2) is 6.92. The van der Waals surface area contributed by atoms with Crippen LogP contribution in [0.5, 0.6) is 0 Å². The molecule has 0 radical (unpaired) electrons. The molecule has 0 aliphatic carbocycles. The predicted octanol–water partition coefficient (Wildman–Crippen LogP) is 1.63. The lowest BCUT2D eigenvalue weighted by molar-refractivity contribution is -0.144. The second-order valence-electron chi connectivity index (χ2n) is 5.75. The molecule has 1 amide bonds. The Morgan fingerprint density at radius 3 is 2.45 bits per heavy atom. The number of amides is 1. The van der Waals surface area contributed by atoms with Crippen LogP contribution < -0.4 is 5.32 Å². The lowest BCUT2D eigenvalue weighted by Gasteiger charge is -2.40. The van der Waals surface area contributed by atoms with Gasteiger partial charge in [0.2, 0.25) is 5.91 Å². The van der Waals surface area contributed by atoms with E-state index in [0.29, 0.717) is 25.9 Å². The Hall–Kier alpha value is -1.88. The fourth-order valence-electron chi connectivity index (χ4n) is 3.24. The van der Waals surface area contributed by atoms with Crippen molar-refractivity contribution in [3.05, 3.63) is 35.9 Å². The Balaban J connectivity index is 2.29. The number of carbonyl (C=O) groups excluding carboxylic acids is 1. The summed E-state index contributed by atoms with van der Waals surface area (Å²) in [6.07, 6.45) is 1.40. The van der Waals surface area contributed by atoms with Gasteiger partial charge in [-0.3, -0.25) is 9.59 Å². The lowest BCUT2D eigenvalue weighted by atomic mass is 9.74. The maximum Gasteiger partial charge on any atom is 0.322 e. The number of nitrogens with zero attached hydrogens (tertiary/aromatic N) is 1. The summed E-state index contributed by atoms with van der Waals surface area (Å²) in [7, 11) is 0. The maximum atomic E-state index is 13.2. The summed E-state index contributed by atoms with van der Waals surface area (Å²) in [5.74, 6) is -0.868. The number of aliphatic carboxylic acids is 1. The molecule has 1 aliphatic rings. The topological polar surface area (TPSA) is 69.6 Å². The quantitative estimate of drug-likeness (QED) is 0.867. The Morgan fingerprint density at radius 1 is 1.27 bits per heavy atom. The van der Waals surface area contributed by atoms with E-state index in [1.807, 2.05) is 44.2 Å². The Labute approximate surface area is 131 Å². The molecule has 5 nitrogen and oxygen atoms in total. The molecule has 120 valence electrons. The predicted molar refractivity (Wildman–Crippen MR) is 84.7 cm³/mol. The minimum absolute atomic E-state index is 0.0384. The largest absolute Gasteiger partial charge is 0.480 e. The van der Waals surface area contributed by atoms with Crippen LogP contribution in [0, 0.1) is 0 Å². The Kier molecular flexibility index (Phi) is 5.19. The third-order valence-electron chi connectivity index (χ3n) is 4.70. The third-order valence-corrected chi connectivity index (χ3v) is 4.70. The zero-order valence-electron chi connectivity index (χ0n) is 13.2. The van der Waals surface area contributed by atoms with E-state index in [1.54, 1.807) is 4.90 Å². The van der Waals surface area contributed by atoms with E-state index in [2.05, 4.69) is 5.32 Å². The summed E-state index contributed by atoms with van der Waals surface area (Å²) in [4.78, 5) is 26.0. The van der Waals surface area contributed by atoms with Crippen molar-refractivity contribution in [3.8, 4) is 0 Å². The van der Waals surface area contributed by atoms with E-state index in [-0.39, 0.29) is 12.5 Å². The first-order valence-corrected chi connectivity index (χ1v) is 7.86. The maximum absolute atomic E-state index is 13.2. The summed E-state index contributed by atoms with van der Waals surface area (Å²) in [6.45, 7) is 5.33. The number of nitrogens with one attached hydrogen (secondary N) is 1. The highest BCUT2D eigenvalue weighted by atomic mass is 16.4. The number of carboxylic acid groups (broad SMARTS) is 1. The van der Waals surface area contributed by atoms with Gasteiger partial charge in [0.05, 0.1) is 5.41 Å². The smallest absolute Gasteiger partial charge is 0.322 e. The van der Waals surface area contributed by atoms with E-state index in [0.717, 1.165) is 5.56 Å². The minimum atomic E-state index is -0.907. The van der Waals surface area contributed by atoms with Crippen molar-refractivity contribution in [1.29, 1.82) is 0 Å². The van der Waals surface area contributed by atoms with Gasteiger partial charge < -0.3 is 15.3 Å². The zero-order valence-corrected chi connectivity index (χ0v) is 13.2. The number of piperazine rings is 1. The molecule has 1 unspecified atom stereocenters.